The van der Waals surface area contributed by atoms with Crippen LogP contribution in [0.4, 0.5) is 5.95 Å². The third-order valence-electron chi connectivity index (χ3n) is 4.19. The van der Waals surface area contributed by atoms with E-state index >= 15 is 0 Å². The van der Waals surface area contributed by atoms with E-state index in [1.807, 2.05) is 35.9 Å². The summed E-state index contributed by atoms with van der Waals surface area (Å²) in [6.07, 6.45) is 3.59. The van der Waals surface area contributed by atoms with Gasteiger partial charge in [0.05, 0.1) is 17.0 Å². The molecule has 0 aliphatic carbocycles. The average molecular weight is 365 g/mol. The summed E-state index contributed by atoms with van der Waals surface area (Å²) in [5.41, 5.74) is 8.89. The summed E-state index contributed by atoms with van der Waals surface area (Å²) in [4.78, 5) is 18.3. The number of fused-ring (bicyclic) bond motifs is 1. The van der Waals surface area contributed by atoms with Gasteiger partial charge in [-0.3, -0.25) is 4.79 Å². The predicted molar refractivity (Wildman–Crippen MR) is 94.3 cm³/mol. The first kappa shape index (κ1) is 16.5. The van der Waals surface area contributed by atoms with E-state index in [2.05, 4.69) is 11.6 Å². The highest BCUT2D eigenvalue weighted by Gasteiger charge is 2.30. The first-order valence-corrected chi connectivity index (χ1v) is 7.23. The SMILES string of the molecule is Br.C=CCCn1c(N)nc2cc(C3CCN(C)C3=O)ccc21. The normalized spacial score (nSPS) is 17.8. The van der Waals surface area contributed by atoms with Crippen molar-refractivity contribution in [2.45, 2.75) is 25.3 Å². The van der Waals surface area contributed by atoms with Crippen molar-refractivity contribution in [3.05, 3.63) is 36.4 Å². The van der Waals surface area contributed by atoms with Gasteiger partial charge >= 0.3 is 0 Å². The molecule has 1 aliphatic heterocycles. The molecule has 2 heterocycles. The second kappa shape index (κ2) is 6.52. The number of carbonyl (C=O) groups is 1. The summed E-state index contributed by atoms with van der Waals surface area (Å²) in [6, 6.07) is 6.04. The number of anilines is 1. The molecule has 1 fully saturated rings. The number of hydrogen-bond acceptors (Lipinski definition) is 3. The Morgan fingerprint density at radius 3 is 2.91 bits per heavy atom. The van der Waals surface area contributed by atoms with Crippen LogP contribution >= 0.6 is 17.0 Å². The zero-order valence-corrected chi connectivity index (χ0v) is 14.4. The minimum Gasteiger partial charge on any atom is -0.369 e. The second-order valence-corrected chi connectivity index (χ2v) is 5.55. The number of carbonyl (C=O) groups excluding carboxylic acids is 1. The molecule has 1 saturated heterocycles. The highest BCUT2D eigenvalue weighted by Crippen LogP contribution is 2.30. The fourth-order valence-corrected chi connectivity index (χ4v) is 2.97. The van der Waals surface area contributed by atoms with Crippen LogP contribution in [0, 0.1) is 0 Å². The van der Waals surface area contributed by atoms with Gasteiger partial charge in [-0.1, -0.05) is 12.1 Å². The zero-order chi connectivity index (χ0) is 15.0. The third kappa shape index (κ3) is 2.75. The molecule has 118 valence electrons. The molecule has 2 aromatic rings. The number of aryl methyl sites for hydroxylation is 1. The molecule has 0 spiro atoms. The van der Waals surface area contributed by atoms with E-state index in [4.69, 9.17) is 5.73 Å². The van der Waals surface area contributed by atoms with Crippen LogP contribution in [0.25, 0.3) is 11.0 Å². The number of nitrogens with two attached hydrogens (primary N) is 1. The number of hydrogen-bond donors (Lipinski definition) is 1. The Hall–Kier alpha value is -1.82. The molecule has 1 aromatic heterocycles. The zero-order valence-electron chi connectivity index (χ0n) is 12.7. The van der Waals surface area contributed by atoms with Crippen molar-refractivity contribution in [2.75, 3.05) is 19.3 Å². The van der Waals surface area contributed by atoms with Crippen molar-refractivity contribution in [3.8, 4) is 0 Å². The Morgan fingerprint density at radius 1 is 1.50 bits per heavy atom. The third-order valence-corrected chi connectivity index (χ3v) is 4.19. The molecule has 1 unspecified atom stereocenters. The minimum absolute atomic E-state index is 0. The van der Waals surface area contributed by atoms with Gasteiger partial charge in [-0.25, -0.2) is 4.98 Å². The molecule has 1 amide bonds. The quantitative estimate of drug-likeness (QED) is 0.848. The van der Waals surface area contributed by atoms with Crippen molar-refractivity contribution in [1.29, 1.82) is 0 Å². The Balaban J connectivity index is 0.00000176. The number of nitrogens with zero attached hydrogens (tertiary/aromatic N) is 3. The molecule has 3 rings (SSSR count). The number of likely N-dealkylation sites (N-methyl/N-ethyl adjacent to an activating group) is 1. The standard InChI is InChI=1S/C16H20N4O.BrH/c1-3-4-8-20-14-6-5-11(10-13(14)18-16(20)17)12-7-9-19(2)15(12)21;/h3,5-6,10,12H,1,4,7-9H2,2H3,(H2,17,18);1H. The summed E-state index contributed by atoms with van der Waals surface area (Å²) in [7, 11) is 1.85. The summed E-state index contributed by atoms with van der Waals surface area (Å²) in [5, 5.41) is 0. The van der Waals surface area contributed by atoms with E-state index in [0.717, 1.165) is 42.5 Å². The van der Waals surface area contributed by atoms with Crippen LogP contribution in [-0.4, -0.2) is 34.0 Å². The van der Waals surface area contributed by atoms with Gasteiger partial charge in [0.1, 0.15) is 0 Å². The summed E-state index contributed by atoms with van der Waals surface area (Å²) in [6.45, 7) is 5.33. The molecule has 1 aliphatic rings. The van der Waals surface area contributed by atoms with Gasteiger partial charge in [0, 0.05) is 20.1 Å². The Morgan fingerprint density at radius 2 is 2.27 bits per heavy atom. The Bertz CT molecular complexity index is 709. The van der Waals surface area contributed by atoms with E-state index in [0.29, 0.717) is 5.95 Å². The molecule has 1 aromatic carbocycles. The lowest BCUT2D eigenvalue weighted by molar-refractivity contribution is -0.127. The topological polar surface area (TPSA) is 64.2 Å². The monoisotopic (exact) mass is 364 g/mol. The van der Waals surface area contributed by atoms with Crippen LogP contribution in [0.15, 0.2) is 30.9 Å². The maximum Gasteiger partial charge on any atom is 0.229 e. The van der Waals surface area contributed by atoms with E-state index in [1.54, 1.807) is 4.90 Å². The largest absolute Gasteiger partial charge is 0.369 e. The van der Waals surface area contributed by atoms with Crippen LogP contribution in [0.1, 0.15) is 24.3 Å². The van der Waals surface area contributed by atoms with Gasteiger partial charge < -0.3 is 15.2 Å². The molecule has 5 nitrogen and oxygen atoms in total. The van der Waals surface area contributed by atoms with E-state index in [9.17, 15) is 4.79 Å². The highest BCUT2D eigenvalue weighted by atomic mass is 79.9. The van der Waals surface area contributed by atoms with Gasteiger partial charge in [0.15, 0.2) is 0 Å². The van der Waals surface area contributed by atoms with Gasteiger partial charge in [0.2, 0.25) is 11.9 Å². The summed E-state index contributed by atoms with van der Waals surface area (Å²) >= 11 is 0. The maximum atomic E-state index is 12.1. The molecule has 0 saturated carbocycles. The lowest BCUT2D eigenvalue weighted by Gasteiger charge is -2.11. The van der Waals surface area contributed by atoms with Crippen LogP contribution in [0.2, 0.25) is 0 Å². The number of imidazole rings is 1. The fourth-order valence-electron chi connectivity index (χ4n) is 2.97. The van der Waals surface area contributed by atoms with Crippen molar-refractivity contribution in [3.63, 3.8) is 0 Å². The Labute approximate surface area is 140 Å². The van der Waals surface area contributed by atoms with Crippen molar-refractivity contribution in [2.24, 2.45) is 0 Å². The summed E-state index contributed by atoms with van der Waals surface area (Å²) in [5.74, 6) is 0.659. The van der Waals surface area contributed by atoms with Crippen LogP contribution in [-0.2, 0) is 11.3 Å². The molecule has 0 bridgehead atoms. The smallest absolute Gasteiger partial charge is 0.229 e. The average Bonchev–Trinajstić information content (AvgIpc) is 2.96. The molecular weight excluding hydrogens is 344 g/mol. The molecule has 1 atom stereocenters. The summed E-state index contributed by atoms with van der Waals surface area (Å²) < 4.78 is 1.99. The van der Waals surface area contributed by atoms with Gasteiger partial charge in [-0.05, 0) is 30.5 Å². The molecule has 0 radical (unpaired) electrons. The van der Waals surface area contributed by atoms with E-state index in [-0.39, 0.29) is 28.8 Å². The van der Waals surface area contributed by atoms with Crippen molar-refractivity contribution < 1.29 is 4.79 Å². The number of rotatable bonds is 4. The predicted octanol–water partition coefficient (Wildman–Crippen LogP) is 2.72. The number of aromatic nitrogens is 2. The van der Waals surface area contributed by atoms with Crippen LogP contribution in [0.5, 0.6) is 0 Å². The van der Waals surface area contributed by atoms with Crippen LogP contribution in [0.3, 0.4) is 0 Å². The maximum absolute atomic E-state index is 12.1. The molecular formula is C16H21BrN4O. The lowest BCUT2D eigenvalue weighted by Crippen LogP contribution is -2.21. The second-order valence-electron chi connectivity index (χ2n) is 5.55. The number of allylic oxidation sites excluding steroid dienone is 1. The van der Waals surface area contributed by atoms with E-state index in [1.165, 1.54) is 0 Å². The first-order chi connectivity index (χ1) is 10.1. The van der Waals surface area contributed by atoms with Gasteiger partial charge in [-0.2, -0.15) is 0 Å². The van der Waals surface area contributed by atoms with Gasteiger partial charge in [-0.15, -0.1) is 23.6 Å². The number of halogens is 1. The molecule has 22 heavy (non-hydrogen) atoms. The first-order valence-electron chi connectivity index (χ1n) is 7.23. The number of amides is 1. The number of benzene rings is 1. The molecule has 6 heteroatoms. The van der Waals surface area contributed by atoms with Gasteiger partial charge in [0.25, 0.3) is 0 Å². The Kier molecular flexibility index (Phi) is 4.90. The highest BCUT2D eigenvalue weighted by molar-refractivity contribution is 8.93. The van der Waals surface area contributed by atoms with Crippen molar-refractivity contribution in [1.82, 2.24) is 14.5 Å². The molecule has 2 N–H and O–H groups in total. The van der Waals surface area contributed by atoms with E-state index < -0.39 is 0 Å². The minimum atomic E-state index is -0.0426. The fraction of sp³-hybridized carbons (Fsp3) is 0.375. The van der Waals surface area contributed by atoms with Crippen LogP contribution < -0.4 is 5.73 Å². The number of nitrogen functional groups attached to an aromatic ring is 1. The number of likely N-dealkylation sites (tertiary alicyclic amines) is 1. The lowest BCUT2D eigenvalue weighted by atomic mass is 9.97. The van der Waals surface area contributed by atoms with Crippen molar-refractivity contribution >= 4 is 39.9 Å².